The van der Waals surface area contributed by atoms with Crippen LogP contribution in [0.3, 0.4) is 0 Å². The van der Waals surface area contributed by atoms with Crippen molar-refractivity contribution in [1.82, 2.24) is 9.13 Å². The minimum Gasteiger partial charge on any atom is -0.399 e. The van der Waals surface area contributed by atoms with Crippen molar-refractivity contribution in [2.75, 3.05) is 11.5 Å². The number of aromatic nitrogens is 2. The molecular weight excluding hydrogens is 384 g/mol. The smallest absolute Gasteiger partial charge is 0.266 e. The molecule has 3 aromatic carbocycles. The Bertz CT molecular complexity index is 1500. The Morgan fingerprint density at radius 3 is 1.13 bits per heavy atom. The van der Waals surface area contributed by atoms with Crippen LogP contribution >= 0.6 is 0 Å². The summed E-state index contributed by atoms with van der Waals surface area (Å²) in [6.07, 6.45) is 0. The minimum absolute atomic E-state index is 0.0664. The first-order valence-corrected chi connectivity index (χ1v) is 9.03. The van der Waals surface area contributed by atoms with E-state index in [2.05, 4.69) is 0 Å². The van der Waals surface area contributed by atoms with Crippen molar-refractivity contribution >= 4 is 32.9 Å². The van der Waals surface area contributed by atoms with E-state index < -0.39 is 22.2 Å². The minimum atomic E-state index is -0.578. The van der Waals surface area contributed by atoms with Crippen molar-refractivity contribution < 1.29 is 0 Å². The molecule has 0 aliphatic carbocycles. The van der Waals surface area contributed by atoms with Gasteiger partial charge in [0.2, 0.25) is 0 Å². The summed E-state index contributed by atoms with van der Waals surface area (Å²) in [4.78, 5) is 51.8. The molecule has 0 aliphatic rings. The summed E-state index contributed by atoms with van der Waals surface area (Å²) in [5.41, 5.74) is 10.7. The fourth-order valence-electron chi connectivity index (χ4n) is 3.77. The van der Waals surface area contributed by atoms with Crippen LogP contribution in [-0.4, -0.2) is 9.13 Å². The van der Waals surface area contributed by atoms with E-state index in [4.69, 9.17) is 11.5 Å². The molecule has 8 nitrogen and oxygen atoms in total. The largest absolute Gasteiger partial charge is 0.399 e. The summed E-state index contributed by atoms with van der Waals surface area (Å²) >= 11 is 0. The van der Waals surface area contributed by atoms with Gasteiger partial charge in [-0.1, -0.05) is 12.1 Å². The molecule has 30 heavy (non-hydrogen) atoms. The molecule has 4 N–H and O–H groups in total. The van der Waals surface area contributed by atoms with Gasteiger partial charge in [0.25, 0.3) is 22.2 Å². The Hall–Kier alpha value is -4.46. The molecule has 0 saturated carbocycles. The highest BCUT2D eigenvalue weighted by molar-refractivity contribution is 5.98. The number of nitrogen functional groups attached to an aromatic ring is 2. The maximum Gasteiger partial charge on any atom is 0.266 e. The SMILES string of the molecule is Nc1cccc(-n2c(=O)c3cc4c(=O)n(-c5cccc(N)c5)c(=O)c4cc3c2=O)c1. The van der Waals surface area contributed by atoms with E-state index in [0.717, 1.165) is 9.13 Å². The van der Waals surface area contributed by atoms with Gasteiger partial charge in [-0.2, -0.15) is 0 Å². The van der Waals surface area contributed by atoms with Gasteiger partial charge in [-0.25, -0.2) is 9.13 Å². The second-order valence-electron chi connectivity index (χ2n) is 7.02. The molecule has 0 unspecified atom stereocenters. The van der Waals surface area contributed by atoms with Crippen molar-refractivity contribution in [3.05, 3.63) is 102 Å². The quantitative estimate of drug-likeness (QED) is 0.428. The summed E-state index contributed by atoms with van der Waals surface area (Å²) in [7, 11) is 0. The van der Waals surface area contributed by atoms with E-state index in [0.29, 0.717) is 22.7 Å². The first-order valence-electron chi connectivity index (χ1n) is 9.03. The Balaban J connectivity index is 1.86. The lowest BCUT2D eigenvalue weighted by Crippen LogP contribution is -2.24. The average molecular weight is 398 g/mol. The molecule has 0 bridgehead atoms. The van der Waals surface area contributed by atoms with Gasteiger partial charge in [0.1, 0.15) is 0 Å². The van der Waals surface area contributed by atoms with Crippen LogP contribution in [-0.2, 0) is 0 Å². The van der Waals surface area contributed by atoms with Crippen LogP contribution in [0.4, 0.5) is 11.4 Å². The third-order valence-corrected chi connectivity index (χ3v) is 5.15. The van der Waals surface area contributed by atoms with Gasteiger partial charge in [-0.15, -0.1) is 0 Å². The Morgan fingerprint density at radius 2 is 0.833 bits per heavy atom. The third kappa shape index (κ3) is 2.34. The first-order chi connectivity index (χ1) is 14.4. The van der Waals surface area contributed by atoms with Crippen LogP contribution in [0.1, 0.15) is 0 Å². The maximum absolute atomic E-state index is 12.9. The number of benzene rings is 3. The standard InChI is InChI=1S/C22H14N4O4/c23-11-3-1-5-13(7-11)25-19(27)15-9-17-18(10-16(15)20(25)28)22(30)26(21(17)29)14-6-2-4-12(24)8-14/h1-10H,23-24H2. The van der Waals surface area contributed by atoms with Crippen LogP contribution in [0.15, 0.2) is 79.8 Å². The third-order valence-electron chi connectivity index (χ3n) is 5.15. The zero-order chi connectivity index (χ0) is 21.2. The predicted molar refractivity (Wildman–Crippen MR) is 116 cm³/mol. The molecule has 0 aliphatic heterocycles. The highest BCUT2D eigenvalue weighted by atomic mass is 16.2. The van der Waals surface area contributed by atoms with Crippen LogP contribution in [0.2, 0.25) is 0 Å². The summed E-state index contributed by atoms with van der Waals surface area (Å²) in [5.74, 6) is 0. The number of nitrogens with zero attached hydrogens (tertiary/aromatic N) is 2. The van der Waals surface area contributed by atoms with E-state index in [1.807, 2.05) is 0 Å². The molecule has 0 amide bonds. The highest BCUT2D eigenvalue weighted by Gasteiger charge is 2.20. The molecule has 0 spiro atoms. The number of hydrogen-bond acceptors (Lipinski definition) is 6. The molecule has 2 aromatic heterocycles. The predicted octanol–water partition coefficient (Wildman–Crippen LogP) is 1.06. The fraction of sp³-hybridized carbons (Fsp3) is 0. The van der Waals surface area contributed by atoms with Crippen LogP contribution in [0.25, 0.3) is 32.9 Å². The average Bonchev–Trinajstić information content (AvgIpc) is 3.11. The lowest BCUT2D eigenvalue weighted by Gasteiger charge is -2.01. The van der Waals surface area contributed by atoms with Gasteiger partial charge in [-0.05, 0) is 48.5 Å². The molecule has 2 heterocycles. The second-order valence-corrected chi connectivity index (χ2v) is 7.02. The molecule has 5 rings (SSSR count). The molecule has 146 valence electrons. The topological polar surface area (TPSA) is 130 Å². The van der Waals surface area contributed by atoms with Gasteiger partial charge < -0.3 is 11.5 Å². The normalized spacial score (nSPS) is 11.5. The number of fused-ring (bicyclic) bond motifs is 2. The molecule has 5 aromatic rings. The van der Waals surface area contributed by atoms with Gasteiger partial charge in [0.15, 0.2) is 0 Å². The lowest BCUT2D eigenvalue weighted by atomic mass is 10.1. The van der Waals surface area contributed by atoms with Gasteiger partial charge in [0, 0.05) is 11.4 Å². The van der Waals surface area contributed by atoms with E-state index in [1.165, 1.54) is 24.3 Å². The van der Waals surface area contributed by atoms with Gasteiger partial charge >= 0.3 is 0 Å². The summed E-state index contributed by atoms with van der Waals surface area (Å²) in [6, 6.07) is 15.3. The highest BCUT2D eigenvalue weighted by Crippen LogP contribution is 2.18. The second kappa shape index (κ2) is 6.02. The van der Waals surface area contributed by atoms with Crippen molar-refractivity contribution in [1.29, 1.82) is 0 Å². The fourth-order valence-corrected chi connectivity index (χ4v) is 3.77. The molecule has 0 fully saturated rings. The molecule has 0 radical (unpaired) electrons. The van der Waals surface area contributed by atoms with Crippen molar-refractivity contribution in [3.8, 4) is 11.4 Å². The summed E-state index contributed by atoms with van der Waals surface area (Å²) < 4.78 is 1.97. The lowest BCUT2D eigenvalue weighted by molar-refractivity contribution is 0.989. The van der Waals surface area contributed by atoms with Gasteiger partial charge in [-0.3, -0.25) is 19.2 Å². The van der Waals surface area contributed by atoms with E-state index in [-0.39, 0.29) is 21.5 Å². The van der Waals surface area contributed by atoms with Gasteiger partial charge in [0.05, 0.1) is 32.9 Å². The number of rotatable bonds is 2. The Kier molecular flexibility index (Phi) is 3.54. The van der Waals surface area contributed by atoms with Crippen molar-refractivity contribution in [3.63, 3.8) is 0 Å². The van der Waals surface area contributed by atoms with E-state index in [1.54, 1.807) is 36.4 Å². The number of hydrogen-bond donors (Lipinski definition) is 2. The Labute approximate surface area is 167 Å². The molecule has 0 atom stereocenters. The van der Waals surface area contributed by atoms with Crippen LogP contribution in [0.5, 0.6) is 0 Å². The summed E-state index contributed by atoms with van der Waals surface area (Å²) in [5, 5.41) is 0.266. The number of nitrogens with two attached hydrogens (primary N) is 2. The van der Waals surface area contributed by atoms with E-state index in [9.17, 15) is 19.2 Å². The van der Waals surface area contributed by atoms with Crippen molar-refractivity contribution in [2.45, 2.75) is 0 Å². The molecular formula is C22H14N4O4. The van der Waals surface area contributed by atoms with Crippen LogP contribution < -0.4 is 33.7 Å². The molecule has 8 heteroatoms. The Morgan fingerprint density at radius 1 is 0.500 bits per heavy atom. The molecule has 0 saturated heterocycles. The first kappa shape index (κ1) is 17.6. The number of anilines is 2. The zero-order valence-electron chi connectivity index (χ0n) is 15.5. The summed E-state index contributed by atoms with van der Waals surface area (Å²) in [6.45, 7) is 0. The van der Waals surface area contributed by atoms with Crippen LogP contribution in [0, 0.1) is 0 Å². The van der Waals surface area contributed by atoms with Crippen molar-refractivity contribution in [2.24, 2.45) is 0 Å². The maximum atomic E-state index is 12.9. The monoisotopic (exact) mass is 398 g/mol. The zero-order valence-corrected chi connectivity index (χ0v) is 15.5. The van der Waals surface area contributed by atoms with E-state index >= 15 is 0 Å².